The van der Waals surface area contributed by atoms with Gasteiger partial charge >= 0.3 is 0 Å². The Morgan fingerprint density at radius 3 is 2.48 bits per heavy atom. The minimum absolute atomic E-state index is 0.0954. The van der Waals surface area contributed by atoms with Gasteiger partial charge in [0.25, 0.3) is 5.56 Å². The molecule has 0 amide bonds. The van der Waals surface area contributed by atoms with E-state index in [2.05, 4.69) is 43.0 Å². The number of benzene rings is 1. The minimum atomic E-state index is -0.467. The average Bonchev–Trinajstić information content (AvgIpc) is 2.82. The average molecular weight is 301 g/mol. The smallest absolute Gasteiger partial charge is 0.277 e. The fraction of sp³-hybridized carbons (Fsp3) is 0.267. The van der Waals surface area contributed by atoms with E-state index in [1.54, 1.807) is 0 Å². The highest BCUT2D eigenvalue weighted by Gasteiger charge is 2.15. The molecule has 5 nitrogen and oxygen atoms in total. The zero-order valence-electron chi connectivity index (χ0n) is 12.0. The lowest BCUT2D eigenvalue weighted by molar-refractivity contribution is 0.434. The molecule has 2 aromatic heterocycles. The van der Waals surface area contributed by atoms with Crippen molar-refractivity contribution in [1.29, 1.82) is 0 Å². The van der Waals surface area contributed by atoms with Crippen molar-refractivity contribution in [1.82, 2.24) is 14.6 Å². The maximum Gasteiger partial charge on any atom is 0.277 e. The Hall–Kier alpha value is -2.21. The van der Waals surface area contributed by atoms with Crippen LogP contribution in [0.15, 0.2) is 35.1 Å². The molecule has 0 aliphatic heterocycles. The topological polar surface area (TPSA) is 67.5 Å². The molecule has 6 heteroatoms. The maximum absolute atomic E-state index is 11.3. The van der Waals surface area contributed by atoms with Gasteiger partial charge in [0.05, 0.1) is 6.07 Å². The molecule has 0 fully saturated rings. The van der Waals surface area contributed by atoms with E-state index in [4.69, 9.17) is 0 Å². The van der Waals surface area contributed by atoms with E-state index in [9.17, 15) is 9.90 Å². The van der Waals surface area contributed by atoms with Gasteiger partial charge in [-0.15, -0.1) is 0 Å². The molecule has 3 aromatic rings. The van der Waals surface area contributed by atoms with Gasteiger partial charge in [-0.05, 0) is 11.0 Å². The molecule has 21 heavy (non-hydrogen) atoms. The van der Waals surface area contributed by atoms with Crippen LogP contribution in [0, 0.1) is 0 Å². The molecule has 0 spiro atoms. The first-order valence-electron chi connectivity index (χ1n) is 6.55. The van der Waals surface area contributed by atoms with Crippen LogP contribution < -0.4 is 5.56 Å². The largest absolute Gasteiger partial charge is 0.493 e. The second-order valence-electron chi connectivity index (χ2n) is 5.88. The van der Waals surface area contributed by atoms with Gasteiger partial charge in [0, 0.05) is 5.56 Å². The molecule has 0 saturated heterocycles. The van der Waals surface area contributed by atoms with Crippen molar-refractivity contribution in [3.8, 4) is 16.5 Å². The standard InChI is InChI=1S/C15H15N3O2S/c1-15(2,3)10-6-4-9(5-7-10)13-17-18-12(20)8-11(19)16-14(18)21-13/h4-8,20H,1-3H3. The lowest BCUT2D eigenvalue weighted by Gasteiger charge is -2.18. The lowest BCUT2D eigenvalue weighted by Crippen LogP contribution is -2.10. The second-order valence-corrected chi connectivity index (χ2v) is 6.84. The predicted octanol–water partition coefficient (Wildman–Crippen LogP) is 2.82. The van der Waals surface area contributed by atoms with Gasteiger partial charge in [-0.3, -0.25) is 4.79 Å². The Labute approximate surface area is 125 Å². The van der Waals surface area contributed by atoms with Crippen LogP contribution in [0.3, 0.4) is 0 Å². The molecule has 0 atom stereocenters. The van der Waals surface area contributed by atoms with Crippen molar-refractivity contribution in [2.75, 3.05) is 0 Å². The van der Waals surface area contributed by atoms with Gasteiger partial charge < -0.3 is 5.11 Å². The summed E-state index contributed by atoms with van der Waals surface area (Å²) in [7, 11) is 0. The van der Waals surface area contributed by atoms with E-state index >= 15 is 0 Å². The first kappa shape index (κ1) is 13.8. The van der Waals surface area contributed by atoms with Crippen molar-refractivity contribution in [3.05, 3.63) is 46.2 Å². The molecule has 108 valence electrons. The van der Waals surface area contributed by atoms with E-state index in [1.165, 1.54) is 21.4 Å². The van der Waals surface area contributed by atoms with Crippen LogP contribution in [0.5, 0.6) is 5.88 Å². The molecule has 2 heterocycles. The van der Waals surface area contributed by atoms with Gasteiger partial charge in [-0.2, -0.15) is 14.6 Å². The fourth-order valence-electron chi connectivity index (χ4n) is 2.03. The number of fused-ring (bicyclic) bond motifs is 1. The van der Waals surface area contributed by atoms with E-state index in [-0.39, 0.29) is 11.3 Å². The number of aromatic hydroxyl groups is 1. The highest BCUT2D eigenvalue weighted by atomic mass is 32.1. The Morgan fingerprint density at radius 2 is 1.86 bits per heavy atom. The quantitative estimate of drug-likeness (QED) is 0.750. The summed E-state index contributed by atoms with van der Waals surface area (Å²) in [6.45, 7) is 6.48. The summed E-state index contributed by atoms with van der Waals surface area (Å²) in [4.78, 5) is 15.5. The highest BCUT2D eigenvalue weighted by molar-refractivity contribution is 7.19. The van der Waals surface area contributed by atoms with Gasteiger partial charge in [-0.25, -0.2) is 0 Å². The third-order valence-corrected chi connectivity index (χ3v) is 4.19. The SMILES string of the molecule is CC(C)(C)c1ccc(-c2nn3c(O)cc(=O)nc3s2)cc1. The first-order valence-corrected chi connectivity index (χ1v) is 7.37. The third-order valence-electron chi connectivity index (χ3n) is 3.23. The molecule has 1 N–H and O–H groups in total. The number of hydrogen-bond acceptors (Lipinski definition) is 5. The van der Waals surface area contributed by atoms with Crippen LogP contribution in [0.25, 0.3) is 15.5 Å². The summed E-state index contributed by atoms with van der Waals surface area (Å²) in [6.07, 6.45) is 0. The number of hydrogen-bond donors (Lipinski definition) is 1. The normalized spacial score (nSPS) is 12.0. The van der Waals surface area contributed by atoms with E-state index in [0.29, 0.717) is 9.97 Å². The van der Waals surface area contributed by atoms with Gasteiger partial charge in [0.2, 0.25) is 10.8 Å². The summed E-state index contributed by atoms with van der Waals surface area (Å²) >= 11 is 1.27. The number of rotatable bonds is 1. The lowest BCUT2D eigenvalue weighted by atomic mass is 9.87. The van der Waals surface area contributed by atoms with Crippen LogP contribution in [-0.4, -0.2) is 19.7 Å². The Bertz CT molecular complexity index is 857. The molecule has 1 aromatic carbocycles. The summed E-state index contributed by atoms with van der Waals surface area (Å²) < 4.78 is 1.28. The van der Waals surface area contributed by atoms with Gasteiger partial charge in [-0.1, -0.05) is 56.4 Å². The molecule has 0 bridgehead atoms. The van der Waals surface area contributed by atoms with Crippen molar-refractivity contribution in [2.24, 2.45) is 0 Å². The highest BCUT2D eigenvalue weighted by Crippen LogP contribution is 2.29. The second kappa shape index (κ2) is 4.66. The molecule has 0 saturated carbocycles. The molecular weight excluding hydrogens is 286 g/mol. The van der Waals surface area contributed by atoms with Crippen LogP contribution in [0.2, 0.25) is 0 Å². The van der Waals surface area contributed by atoms with Crippen molar-refractivity contribution in [2.45, 2.75) is 26.2 Å². The van der Waals surface area contributed by atoms with E-state index in [0.717, 1.165) is 11.6 Å². The van der Waals surface area contributed by atoms with Crippen LogP contribution in [0.4, 0.5) is 0 Å². The molecule has 3 rings (SSSR count). The molecule has 0 aliphatic rings. The van der Waals surface area contributed by atoms with Crippen LogP contribution in [0.1, 0.15) is 26.3 Å². The Kier molecular flexibility index (Phi) is 3.06. The van der Waals surface area contributed by atoms with E-state index < -0.39 is 5.56 Å². The van der Waals surface area contributed by atoms with Crippen molar-refractivity contribution < 1.29 is 5.11 Å². The first-order chi connectivity index (χ1) is 9.84. The van der Waals surface area contributed by atoms with Crippen molar-refractivity contribution >= 4 is 16.3 Å². The van der Waals surface area contributed by atoms with Crippen LogP contribution in [-0.2, 0) is 5.41 Å². The molecular formula is C15H15N3O2S. The van der Waals surface area contributed by atoms with E-state index in [1.807, 2.05) is 12.1 Å². The van der Waals surface area contributed by atoms with Gasteiger partial charge in [0.1, 0.15) is 5.01 Å². The molecule has 0 aliphatic carbocycles. The molecule has 0 radical (unpaired) electrons. The van der Waals surface area contributed by atoms with Crippen LogP contribution >= 0.6 is 11.3 Å². The Morgan fingerprint density at radius 1 is 1.19 bits per heavy atom. The fourth-order valence-corrected chi connectivity index (χ4v) is 2.94. The summed E-state index contributed by atoms with van der Waals surface area (Å²) in [5, 5.41) is 14.7. The summed E-state index contributed by atoms with van der Waals surface area (Å²) in [5.74, 6) is -0.196. The maximum atomic E-state index is 11.3. The molecule has 0 unspecified atom stereocenters. The van der Waals surface area contributed by atoms with Gasteiger partial charge in [0.15, 0.2) is 0 Å². The zero-order chi connectivity index (χ0) is 15.2. The predicted molar refractivity (Wildman–Crippen MR) is 82.9 cm³/mol. The summed E-state index contributed by atoms with van der Waals surface area (Å²) in [5.41, 5.74) is 1.80. The minimum Gasteiger partial charge on any atom is -0.493 e. The number of aromatic nitrogens is 3. The Balaban J connectivity index is 2.08. The number of nitrogens with zero attached hydrogens (tertiary/aromatic N) is 3. The monoisotopic (exact) mass is 301 g/mol. The van der Waals surface area contributed by atoms with Crippen molar-refractivity contribution in [3.63, 3.8) is 0 Å². The zero-order valence-corrected chi connectivity index (χ0v) is 12.8. The summed E-state index contributed by atoms with van der Waals surface area (Å²) in [6, 6.07) is 9.18. The third kappa shape index (κ3) is 2.54.